The third kappa shape index (κ3) is 1.91. The number of nitrogens with zero attached hydrogens (tertiary/aromatic N) is 2. The van der Waals surface area contributed by atoms with Crippen molar-refractivity contribution in [2.45, 2.75) is 12.5 Å². The Morgan fingerprint density at radius 3 is 3.00 bits per heavy atom. The first-order chi connectivity index (χ1) is 7.58. The van der Waals surface area contributed by atoms with E-state index in [1.165, 1.54) is 4.90 Å². The number of nitrogens with one attached hydrogen (secondary N) is 2. The molecule has 1 amide bonds. The molecule has 1 saturated heterocycles. The predicted octanol–water partition coefficient (Wildman–Crippen LogP) is -1.23. The Hall–Kier alpha value is -1.85. The van der Waals surface area contributed by atoms with Gasteiger partial charge in [-0.25, -0.2) is 0 Å². The lowest BCUT2D eigenvalue weighted by atomic mass is 10.0. The molecule has 0 spiro atoms. The molecule has 82 valence electrons. The van der Waals surface area contributed by atoms with Gasteiger partial charge in [0.05, 0.1) is 18.2 Å². The topological polar surface area (TPSA) is 69.1 Å². The largest absolute Gasteiger partial charge is 0.347 e. The number of carbonyl (C=O) groups is 1. The number of amides is 1. The molecule has 1 aromatic rings. The molecule has 1 aliphatic heterocycles. The number of guanidine groups is 1. The van der Waals surface area contributed by atoms with Crippen molar-refractivity contribution in [1.29, 1.82) is 5.41 Å². The van der Waals surface area contributed by atoms with Crippen molar-refractivity contribution in [2.24, 2.45) is 0 Å². The van der Waals surface area contributed by atoms with E-state index in [4.69, 9.17) is 5.41 Å². The number of aromatic nitrogens is 1. The van der Waals surface area contributed by atoms with Gasteiger partial charge < -0.3 is 5.32 Å². The molecule has 1 aromatic heterocycles. The SMILES string of the molecule is Bc1cccc([C@@H]2CC(=O)N(C)C(=N)N2)n1. The Labute approximate surface area is 94.8 Å². The quantitative estimate of drug-likeness (QED) is 0.577. The fraction of sp³-hybridized carbons (Fsp3) is 0.300. The van der Waals surface area contributed by atoms with Crippen LogP contribution in [0.3, 0.4) is 0 Å². The monoisotopic (exact) mass is 216 g/mol. The summed E-state index contributed by atoms with van der Waals surface area (Å²) in [4.78, 5) is 17.3. The summed E-state index contributed by atoms with van der Waals surface area (Å²) in [5.74, 6) is 0.0709. The Kier molecular flexibility index (Phi) is 2.64. The standard InChI is InChI=1S/C10H13BN4O/c1-15-9(16)5-7(14-10(15)12)6-3-2-4-8(11)13-6/h2-4,7H,5,11H2,1H3,(H2,12,14)/t7-/m0/s1. The summed E-state index contributed by atoms with van der Waals surface area (Å²) >= 11 is 0. The Morgan fingerprint density at radius 1 is 1.62 bits per heavy atom. The van der Waals surface area contributed by atoms with Crippen molar-refractivity contribution in [1.82, 2.24) is 15.2 Å². The van der Waals surface area contributed by atoms with Crippen molar-refractivity contribution >= 4 is 25.3 Å². The van der Waals surface area contributed by atoms with Crippen LogP contribution in [0.15, 0.2) is 18.2 Å². The molecular formula is C10H13BN4O. The van der Waals surface area contributed by atoms with Gasteiger partial charge in [0, 0.05) is 7.05 Å². The van der Waals surface area contributed by atoms with Crippen LogP contribution in [0.1, 0.15) is 18.2 Å². The molecule has 1 atom stereocenters. The second-order valence-electron chi connectivity index (χ2n) is 3.91. The first kappa shape index (κ1) is 10.7. The molecule has 0 aliphatic carbocycles. The van der Waals surface area contributed by atoms with Gasteiger partial charge in [0.1, 0.15) is 0 Å². The lowest BCUT2D eigenvalue weighted by Crippen LogP contribution is -2.49. The van der Waals surface area contributed by atoms with Crippen LogP contribution in [0.2, 0.25) is 0 Å². The summed E-state index contributed by atoms with van der Waals surface area (Å²) in [7, 11) is 3.50. The van der Waals surface area contributed by atoms with Crippen molar-refractivity contribution in [3.8, 4) is 0 Å². The molecule has 5 nitrogen and oxygen atoms in total. The second-order valence-corrected chi connectivity index (χ2v) is 3.91. The first-order valence-corrected chi connectivity index (χ1v) is 5.13. The van der Waals surface area contributed by atoms with E-state index in [0.717, 1.165) is 11.3 Å². The van der Waals surface area contributed by atoms with Gasteiger partial charge in [-0.3, -0.25) is 20.1 Å². The van der Waals surface area contributed by atoms with E-state index in [0.29, 0.717) is 6.42 Å². The van der Waals surface area contributed by atoms with Crippen LogP contribution in [-0.2, 0) is 4.79 Å². The number of carbonyl (C=O) groups excluding carboxylic acids is 1. The van der Waals surface area contributed by atoms with Crippen LogP contribution in [0.4, 0.5) is 0 Å². The summed E-state index contributed by atoms with van der Waals surface area (Å²) in [6, 6.07) is 5.50. The molecular weight excluding hydrogens is 203 g/mol. The smallest absolute Gasteiger partial charge is 0.231 e. The van der Waals surface area contributed by atoms with Crippen LogP contribution < -0.4 is 10.9 Å². The van der Waals surface area contributed by atoms with Gasteiger partial charge in [-0.05, 0) is 11.7 Å². The zero-order valence-electron chi connectivity index (χ0n) is 9.32. The minimum Gasteiger partial charge on any atom is -0.347 e. The molecule has 2 rings (SSSR count). The van der Waals surface area contributed by atoms with Crippen LogP contribution >= 0.6 is 0 Å². The van der Waals surface area contributed by atoms with Crippen molar-refractivity contribution in [3.05, 3.63) is 23.9 Å². The van der Waals surface area contributed by atoms with E-state index in [1.807, 2.05) is 26.0 Å². The van der Waals surface area contributed by atoms with E-state index in [2.05, 4.69) is 10.3 Å². The highest BCUT2D eigenvalue weighted by molar-refractivity contribution is 6.30. The molecule has 0 radical (unpaired) electrons. The van der Waals surface area contributed by atoms with Gasteiger partial charge in [0.25, 0.3) is 0 Å². The van der Waals surface area contributed by atoms with Gasteiger partial charge >= 0.3 is 0 Å². The lowest BCUT2D eigenvalue weighted by molar-refractivity contribution is -0.128. The molecule has 0 saturated carbocycles. The normalized spacial score (nSPS) is 20.8. The molecule has 0 aromatic carbocycles. The maximum Gasteiger partial charge on any atom is 0.231 e. The van der Waals surface area contributed by atoms with Crippen molar-refractivity contribution in [3.63, 3.8) is 0 Å². The zero-order valence-corrected chi connectivity index (χ0v) is 9.32. The van der Waals surface area contributed by atoms with E-state index in [-0.39, 0.29) is 17.9 Å². The summed E-state index contributed by atoms with van der Waals surface area (Å²) in [5.41, 5.74) is 1.73. The predicted molar refractivity (Wildman–Crippen MR) is 63.4 cm³/mol. The highest BCUT2D eigenvalue weighted by atomic mass is 16.2. The van der Waals surface area contributed by atoms with E-state index >= 15 is 0 Å². The maximum absolute atomic E-state index is 11.6. The lowest BCUT2D eigenvalue weighted by Gasteiger charge is -2.30. The average Bonchev–Trinajstić information content (AvgIpc) is 2.25. The Morgan fingerprint density at radius 2 is 2.38 bits per heavy atom. The van der Waals surface area contributed by atoms with Crippen molar-refractivity contribution < 1.29 is 4.79 Å². The molecule has 6 heteroatoms. The minimum absolute atomic E-state index is 0.0583. The van der Waals surface area contributed by atoms with Gasteiger partial charge in [-0.1, -0.05) is 12.1 Å². The van der Waals surface area contributed by atoms with E-state index < -0.39 is 0 Å². The molecule has 16 heavy (non-hydrogen) atoms. The number of rotatable bonds is 1. The van der Waals surface area contributed by atoms with Crippen molar-refractivity contribution in [2.75, 3.05) is 7.05 Å². The molecule has 1 fully saturated rings. The molecule has 0 bridgehead atoms. The zero-order chi connectivity index (χ0) is 11.7. The Balaban J connectivity index is 2.23. The summed E-state index contributed by atoms with van der Waals surface area (Å²) in [5, 5.41) is 10.6. The van der Waals surface area contributed by atoms with Crippen LogP contribution in [-0.4, -0.2) is 36.6 Å². The number of pyridine rings is 1. The van der Waals surface area contributed by atoms with Gasteiger partial charge in [-0.15, -0.1) is 0 Å². The highest BCUT2D eigenvalue weighted by Crippen LogP contribution is 2.18. The van der Waals surface area contributed by atoms with Gasteiger partial charge in [-0.2, -0.15) is 0 Å². The Bertz CT molecular complexity index is 430. The van der Waals surface area contributed by atoms with Gasteiger partial charge in [0.2, 0.25) is 5.91 Å². The molecule has 0 unspecified atom stereocenters. The fourth-order valence-corrected chi connectivity index (χ4v) is 1.69. The van der Waals surface area contributed by atoms with E-state index in [1.54, 1.807) is 7.05 Å². The maximum atomic E-state index is 11.6. The third-order valence-electron chi connectivity index (χ3n) is 2.67. The van der Waals surface area contributed by atoms with Crippen LogP contribution in [0, 0.1) is 5.41 Å². The fourth-order valence-electron chi connectivity index (χ4n) is 1.69. The van der Waals surface area contributed by atoms with E-state index in [9.17, 15) is 4.79 Å². The first-order valence-electron chi connectivity index (χ1n) is 5.13. The van der Waals surface area contributed by atoms with Crippen LogP contribution in [0.5, 0.6) is 0 Å². The molecule has 2 N–H and O–H groups in total. The minimum atomic E-state index is -0.184. The summed E-state index contributed by atoms with van der Waals surface area (Å²) in [6.07, 6.45) is 0.343. The third-order valence-corrected chi connectivity index (χ3v) is 2.67. The number of hydrogen-bond acceptors (Lipinski definition) is 3. The highest BCUT2D eigenvalue weighted by Gasteiger charge is 2.28. The molecule has 1 aliphatic rings. The second kappa shape index (κ2) is 3.96. The van der Waals surface area contributed by atoms with Gasteiger partial charge in [0.15, 0.2) is 13.8 Å². The average molecular weight is 216 g/mol. The van der Waals surface area contributed by atoms with Crippen LogP contribution in [0.25, 0.3) is 0 Å². The summed E-state index contributed by atoms with van der Waals surface area (Å²) in [6.45, 7) is 0. The summed E-state index contributed by atoms with van der Waals surface area (Å²) < 4.78 is 0. The molecule has 2 heterocycles. The number of hydrogen-bond donors (Lipinski definition) is 2.